The van der Waals surface area contributed by atoms with Gasteiger partial charge in [-0.25, -0.2) is 5.43 Å². The zero-order chi connectivity index (χ0) is 17.8. The van der Waals surface area contributed by atoms with Gasteiger partial charge in [0.25, 0.3) is 5.91 Å². The van der Waals surface area contributed by atoms with Crippen LogP contribution in [0, 0.1) is 0 Å². The van der Waals surface area contributed by atoms with Crippen molar-refractivity contribution in [2.24, 2.45) is 5.10 Å². The first-order chi connectivity index (χ1) is 11.6. The second kappa shape index (κ2) is 11.2. The number of hydrazone groups is 1. The lowest BCUT2D eigenvalue weighted by atomic mass is 10.2. The van der Waals surface area contributed by atoms with E-state index in [1.807, 2.05) is 13.0 Å². The number of nitrogens with one attached hydrogen (secondary N) is 2. The minimum atomic E-state index is -0.370. The van der Waals surface area contributed by atoms with E-state index >= 15 is 0 Å². The second-order valence-corrected chi connectivity index (χ2v) is 5.30. The molecule has 1 aromatic rings. The molecule has 0 aliphatic heterocycles. The van der Waals surface area contributed by atoms with Gasteiger partial charge in [-0.05, 0) is 31.6 Å². The standard InChI is InChI=1S/C17H20BrN3O3/c1-3-6-14(20-16(22)8-4-9-18)11-13(2)17(23)21-19-12-15-7-5-10-24-15/h4-8,10-12H,3,9H2,1-2H3,(H,20,22)(H,21,23)/b8-4+,13-11+,14-6+,19-12+. The van der Waals surface area contributed by atoms with Gasteiger partial charge in [-0.15, -0.1) is 0 Å². The van der Waals surface area contributed by atoms with Crippen molar-refractivity contribution in [2.45, 2.75) is 20.3 Å². The molecule has 1 rings (SSSR count). The van der Waals surface area contributed by atoms with Crippen molar-refractivity contribution in [3.05, 3.63) is 59.7 Å². The highest BCUT2D eigenvalue weighted by atomic mass is 79.9. The van der Waals surface area contributed by atoms with Crippen molar-refractivity contribution < 1.29 is 14.0 Å². The largest absolute Gasteiger partial charge is 0.463 e. The van der Waals surface area contributed by atoms with E-state index in [9.17, 15) is 9.59 Å². The van der Waals surface area contributed by atoms with E-state index in [-0.39, 0.29) is 11.8 Å². The van der Waals surface area contributed by atoms with E-state index in [1.54, 1.807) is 31.2 Å². The fourth-order valence-electron chi connectivity index (χ4n) is 1.61. The predicted octanol–water partition coefficient (Wildman–Crippen LogP) is 3.04. The molecule has 0 bridgehead atoms. The number of alkyl halides is 1. The molecule has 0 atom stereocenters. The molecule has 0 unspecified atom stereocenters. The highest BCUT2D eigenvalue weighted by Gasteiger charge is 2.05. The zero-order valence-electron chi connectivity index (χ0n) is 13.6. The van der Waals surface area contributed by atoms with Gasteiger partial charge in [0, 0.05) is 22.7 Å². The summed E-state index contributed by atoms with van der Waals surface area (Å²) in [6.45, 7) is 3.58. The van der Waals surface area contributed by atoms with Crippen molar-refractivity contribution in [1.82, 2.24) is 10.7 Å². The Morgan fingerprint density at radius 2 is 2.21 bits per heavy atom. The fraction of sp³-hybridized carbons (Fsp3) is 0.235. The Kier molecular flexibility index (Phi) is 9.14. The predicted molar refractivity (Wildman–Crippen MR) is 97.7 cm³/mol. The Labute approximate surface area is 149 Å². The average Bonchev–Trinajstić information content (AvgIpc) is 3.06. The van der Waals surface area contributed by atoms with E-state index < -0.39 is 0 Å². The summed E-state index contributed by atoms with van der Waals surface area (Å²) < 4.78 is 5.07. The summed E-state index contributed by atoms with van der Waals surface area (Å²) in [5, 5.41) is 7.12. The molecule has 0 spiro atoms. The summed E-state index contributed by atoms with van der Waals surface area (Å²) in [5.74, 6) is -0.0890. The number of nitrogens with zero attached hydrogens (tertiary/aromatic N) is 1. The number of halogens is 1. The zero-order valence-corrected chi connectivity index (χ0v) is 15.2. The van der Waals surface area contributed by atoms with Crippen LogP contribution in [0.3, 0.4) is 0 Å². The molecule has 1 heterocycles. The van der Waals surface area contributed by atoms with Crippen molar-refractivity contribution in [3.8, 4) is 0 Å². The number of amides is 2. The van der Waals surface area contributed by atoms with Crippen LogP contribution in [0.25, 0.3) is 0 Å². The van der Waals surface area contributed by atoms with Crippen LogP contribution in [0.2, 0.25) is 0 Å². The minimum Gasteiger partial charge on any atom is -0.463 e. The molecule has 0 aliphatic carbocycles. The smallest absolute Gasteiger partial charge is 0.267 e. The number of hydrogen-bond acceptors (Lipinski definition) is 4. The maximum absolute atomic E-state index is 12.0. The van der Waals surface area contributed by atoms with Gasteiger partial charge in [-0.2, -0.15) is 5.10 Å². The van der Waals surface area contributed by atoms with Crippen LogP contribution in [0.15, 0.2) is 63.5 Å². The van der Waals surface area contributed by atoms with Gasteiger partial charge in [-0.1, -0.05) is 35.0 Å². The number of carbonyl (C=O) groups is 2. The molecule has 2 amide bonds. The SMILES string of the molecule is CC/C=C(\C=C(/C)C(=O)N/N=C/c1ccco1)NC(=O)/C=C/CBr. The van der Waals surface area contributed by atoms with Crippen LogP contribution in [-0.2, 0) is 9.59 Å². The fourth-order valence-corrected chi connectivity index (χ4v) is 1.79. The Balaban J connectivity index is 2.67. The monoisotopic (exact) mass is 393 g/mol. The molecule has 0 aromatic carbocycles. The first-order valence-electron chi connectivity index (χ1n) is 7.35. The van der Waals surface area contributed by atoms with Crippen LogP contribution >= 0.6 is 15.9 Å². The highest BCUT2D eigenvalue weighted by Crippen LogP contribution is 2.02. The van der Waals surface area contributed by atoms with Crippen LogP contribution in [0.5, 0.6) is 0 Å². The number of hydrogen-bond donors (Lipinski definition) is 2. The second-order valence-electron chi connectivity index (χ2n) is 4.66. The van der Waals surface area contributed by atoms with E-state index in [1.165, 1.54) is 18.6 Å². The third-order valence-corrected chi connectivity index (χ3v) is 3.05. The van der Waals surface area contributed by atoms with E-state index in [4.69, 9.17) is 4.42 Å². The molecular weight excluding hydrogens is 374 g/mol. The van der Waals surface area contributed by atoms with Crippen LogP contribution < -0.4 is 10.7 Å². The molecule has 7 heteroatoms. The number of rotatable bonds is 8. The van der Waals surface area contributed by atoms with Gasteiger partial charge in [0.15, 0.2) is 0 Å². The molecule has 0 radical (unpaired) electrons. The van der Waals surface area contributed by atoms with Gasteiger partial charge >= 0.3 is 0 Å². The summed E-state index contributed by atoms with van der Waals surface area (Å²) >= 11 is 3.21. The Morgan fingerprint density at radius 1 is 1.42 bits per heavy atom. The Bertz CT molecular complexity index is 659. The lowest BCUT2D eigenvalue weighted by Gasteiger charge is -2.05. The number of carbonyl (C=O) groups excluding carboxylic acids is 2. The van der Waals surface area contributed by atoms with Crippen molar-refractivity contribution >= 4 is 34.0 Å². The molecule has 0 fully saturated rings. The highest BCUT2D eigenvalue weighted by molar-refractivity contribution is 9.09. The Morgan fingerprint density at radius 3 is 2.83 bits per heavy atom. The quantitative estimate of drug-likeness (QED) is 0.234. The maximum Gasteiger partial charge on any atom is 0.267 e. The van der Waals surface area contributed by atoms with Crippen LogP contribution in [0.4, 0.5) is 0 Å². The van der Waals surface area contributed by atoms with Crippen molar-refractivity contribution in [2.75, 3.05) is 5.33 Å². The van der Waals surface area contributed by atoms with Gasteiger partial charge in [0.1, 0.15) is 5.76 Å². The van der Waals surface area contributed by atoms with Crippen molar-refractivity contribution in [1.29, 1.82) is 0 Å². The summed E-state index contributed by atoms with van der Waals surface area (Å²) in [4.78, 5) is 23.7. The molecule has 0 saturated heterocycles. The molecule has 1 aromatic heterocycles. The van der Waals surface area contributed by atoms with Crippen molar-refractivity contribution in [3.63, 3.8) is 0 Å². The van der Waals surface area contributed by atoms with Crippen LogP contribution in [-0.4, -0.2) is 23.4 Å². The maximum atomic E-state index is 12.0. The topological polar surface area (TPSA) is 83.7 Å². The lowest BCUT2D eigenvalue weighted by molar-refractivity contribution is -0.117. The average molecular weight is 394 g/mol. The normalized spacial score (nSPS) is 12.8. The lowest BCUT2D eigenvalue weighted by Crippen LogP contribution is -2.22. The number of allylic oxidation sites excluding steroid dienone is 3. The summed E-state index contributed by atoms with van der Waals surface area (Å²) in [6, 6.07) is 3.44. The Hall–Kier alpha value is -2.41. The summed E-state index contributed by atoms with van der Waals surface area (Å²) in [7, 11) is 0. The molecule has 6 nitrogen and oxygen atoms in total. The van der Waals surface area contributed by atoms with E-state index in [0.717, 1.165) is 6.42 Å². The van der Waals surface area contributed by atoms with Crippen LogP contribution in [0.1, 0.15) is 26.0 Å². The van der Waals surface area contributed by atoms with Gasteiger partial charge in [0.05, 0.1) is 12.5 Å². The van der Waals surface area contributed by atoms with Gasteiger partial charge in [-0.3, -0.25) is 9.59 Å². The summed E-state index contributed by atoms with van der Waals surface area (Å²) in [5.41, 5.74) is 3.37. The molecule has 0 saturated carbocycles. The first kappa shape index (κ1) is 19.6. The molecule has 2 N–H and O–H groups in total. The van der Waals surface area contributed by atoms with Gasteiger partial charge < -0.3 is 9.73 Å². The molecular formula is C17H20BrN3O3. The number of furan rings is 1. The third-order valence-electron chi connectivity index (χ3n) is 2.68. The summed E-state index contributed by atoms with van der Waals surface area (Å²) in [6.07, 6.45) is 10.2. The molecule has 128 valence electrons. The molecule has 0 aliphatic rings. The first-order valence-corrected chi connectivity index (χ1v) is 8.47. The minimum absolute atomic E-state index is 0.255. The van der Waals surface area contributed by atoms with E-state index in [0.29, 0.717) is 22.4 Å². The van der Waals surface area contributed by atoms with Gasteiger partial charge in [0.2, 0.25) is 5.91 Å². The molecule has 24 heavy (non-hydrogen) atoms. The van der Waals surface area contributed by atoms with E-state index in [2.05, 4.69) is 31.8 Å². The third kappa shape index (κ3) is 7.73.